The lowest BCUT2D eigenvalue weighted by Gasteiger charge is -2.16. The Morgan fingerprint density at radius 3 is 2.33 bits per heavy atom. The first kappa shape index (κ1) is 24.7. The number of benzene rings is 2. The molecule has 9 heteroatoms. The van der Waals surface area contributed by atoms with Gasteiger partial charge in [0.2, 0.25) is 15.7 Å². The van der Waals surface area contributed by atoms with Gasteiger partial charge in [0.05, 0.1) is 16.3 Å². The molecule has 0 fully saturated rings. The number of hydrogen-bond acceptors (Lipinski definition) is 6. The Kier molecular flexibility index (Phi) is 7.44. The van der Waals surface area contributed by atoms with Crippen LogP contribution in [-0.4, -0.2) is 29.5 Å². The average Bonchev–Trinajstić information content (AvgIpc) is 2.74. The maximum atomic E-state index is 13.0. The van der Waals surface area contributed by atoms with Crippen molar-refractivity contribution in [3.8, 4) is 0 Å². The molecule has 1 heterocycles. The van der Waals surface area contributed by atoms with Crippen LogP contribution in [0.25, 0.3) is 0 Å². The van der Waals surface area contributed by atoms with E-state index in [1.165, 1.54) is 6.07 Å². The molecule has 1 amide bonds. The number of anilines is 1. The van der Waals surface area contributed by atoms with Crippen molar-refractivity contribution < 1.29 is 13.2 Å². The van der Waals surface area contributed by atoms with E-state index < -0.39 is 25.5 Å². The molecular weight excluding hydrogens is 458 g/mol. The molecule has 2 N–H and O–H groups in total. The summed E-state index contributed by atoms with van der Waals surface area (Å²) in [7, 11) is -4.03. The van der Waals surface area contributed by atoms with Gasteiger partial charge in [-0.2, -0.15) is 0 Å². The lowest BCUT2D eigenvalue weighted by Crippen LogP contribution is -2.26. The molecule has 0 spiro atoms. The molecule has 1 atom stereocenters. The van der Waals surface area contributed by atoms with Crippen LogP contribution in [-0.2, 0) is 14.6 Å². The van der Waals surface area contributed by atoms with Crippen LogP contribution < -0.4 is 10.9 Å². The van der Waals surface area contributed by atoms with Crippen molar-refractivity contribution in [1.29, 1.82) is 0 Å². The molecule has 0 aliphatic carbocycles. The molecule has 7 nitrogen and oxygen atoms in total. The summed E-state index contributed by atoms with van der Waals surface area (Å²) < 4.78 is 26.0. The Labute approximate surface area is 198 Å². The van der Waals surface area contributed by atoms with Gasteiger partial charge < -0.3 is 10.3 Å². The molecule has 1 unspecified atom stereocenters. The predicted molar refractivity (Wildman–Crippen MR) is 131 cm³/mol. The van der Waals surface area contributed by atoms with E-state index in [1.807, 2.05) is 45.9 Å². The zero-order chi connectivity index (χ0) is 24.3. The Bertz CT molecular complexity index is 1360. The minimum atomic E-state index is -4.03. The number of thioether (sulfide) groups is 1. The first-order chi connectivity index (χ1) is 15.5. The first-order valence-corrected chi connectivity index (χ1v) is 12.9. The van der Waals surface area contributed by atoms with E-state index in [-0.39, 0.29) is 16.0 Å². The van der Waals surface area contributed by atoms with Gasteiger partial charge in [-0.1, -0.05) is 48.5 Å². The van der Waals surface area contributed by atoms with E-state index in [2.05, 4.69) is 15.3 Å². The molecule has 3 rings (SSSR count). The van der Waals surface area contributed by atoms with E-state index in [0.717, 1.165) is 40.3 Å². The average molecular weight is 486 g/mol. The Balaban J connectivity index is 1.83. The first-order valence-electron chi connectivity index (χ1n) is 10.5. The highest BCUT2D eigenvalue weighted by atomic mass is 32.2. The van der Waals surface area contributed by atoms with Crippen molar-refractivity contribution in [2.24, 2.45) is 0 Å². The summed E-state index contributed by atoms with van der Waals surface area (Å²) in [6.45, 7) is 9.27. The van der Waals surface area contributed by atoms with Crippen LogP contribution >= 0.6 is 11.8 Å². The number of aryl methyl sites for hydroxylation is 4. The molecule has 0 bridgehead atoms. The zero-order valence-electron chi connectivity index (χ0n) is 19.2. The van der Waals surface area contributed by atoms with Crippen LogP contribution in [0, 0.1) is 27.7 Å². The Morgan fingerprint density at radius 1 is 1.03 bits per heavy atom. The summed E-state index contributed by atoms with van der Waals surface area (Å²) in [5, 5.41) is 2.59. The van der Waals surface area contributed by atoms with Crippen molar-refractivity contribution in [3.05, 3.63) is 75.2 Å². The largest absolute Gasteiger partial charge is 0.325 e. The number of nitrogens with zero attached hydrogens (tertiary/aromatic N) is 1. The van der Waals surface area contributed by atoms with Gasteiger partial charge >= 0.3 is 0 Å². The molecule has 2 aromatic carbocycles. The molecule has 3 aromatic rings. The number of hydrogen-bond donors (Lipinski definition) is 2. The molecule has 0 saturated heterocycles. The Hall–Kier alpha value is -2.91. The van der Waals surface area contributed by atoms with Crippen molar-refractivity contribution in [2.75, 3.05) is 5.32 Å². The van der Waals surface area contributed by atoms with E-state index in [4.69, 9.17) is 0 Å². The molecule has 1 aromatic heterocycles. The van der Waals surface area contributed by atoms with E-state index in [1.54, 1.807) is 19.1 Å². The van der Waals surface area contributed by atoms with Gasteiger partial charge in [-0.15, -0.1) is 0 Å². The number of H-pyrrole nitrogens is 1. The van der Waals surface area contributed by atoms with Crippen molar-refractivity contribution >= 4 is 33.2 Å². The number of nitrogens with one attached hydrogen (secondary N) is 2. The molecule has 174 valence electrons. The number of aromatic nitrogens is 2. The number of amides is 1. The number of carbonyl (C=O) groups is 1. The summed E-state index contributed by atoms with van der Waals surface area (Å²) in [5.74, 6) is -0.217. The smallest absolute Gasteiger partial charge is 0.270 e. The van der Waals surface area contributed by atoms with Gasteiger partial charge in [-0.25, -0.2) is 13.4 Å². The van der Waals surface area contributed by atoms with Crippen molar-refractivity contribution in [2.45, 2.75) is 61.2 Å². The molecule has 0 saturated carbocycles. The number of carbonyl (C=O) groups excluding carboxylic acids is 1. The molecule has 33 heavy (non-hydrogen) atoms. The quantitative estimate of drug-likeness (QED) is 0.380. The van der Waals surface area contributed by atoms with Gasteiger partial charge in [0.15, 0.2) is 10.1 Å². The third-order valence-electron chi connectivity index (χ3n) is 5.22. The van der Waals surface area contributed by atoms with Crippen LogP contribution in [0.1, 0.15) is 35.6 Å². The fourth-order valence-corrected chi connectivity index (χ4v) is 5.70. The molecule has 0 aliphatic rings. The molecule has 0 aliphatic heterocycles. The highest BCUT2D eigenvalue weighted by molar-refractivity contribution is 8.00. The fraction of sp³-hybridized carbons (Fsp3) is 0.292. The van der Waals surface area contributed by atoms with Crippen LogP contribution in [0.15, 0.2) is 62.3 Å². The summed E-state index contributed by atoms with van der Waals surface area (Å²) in [6.07, 6.45) is 1.55. The maximum absolute atomic E-state index is 13.0. The van der Waals surface area contributed by atoms with Crippen LogP contribution in [0.3, 0.4) is 0 Å². The van der Waals surface area contributed by atoms with E-state index in [9.17, 15) is 18.0 Å². The highest BCUT2D eigenvalue weighted by Crippen LogP contribution is 2.26. The van der Waals surface area contributed by atoms with Gasteiger partial charge in [-0.05, 0) is 62.9 Å². The van der Waals surface area contributed by atoms with Crippen molar-refractivity contribution in [3.63, 3.8) is 0 Å². The van der Waals surface area contributed by atoms with Gasteiger partial charge in [0, 0.05) is 5.69 Å². The maximum Gasteiger partial charge on any atom is 0.270 e. The van der Waals surface area contributed by atoms with E-state index in [0.29, 0.717) is 12.0 Å². The standard InChI is InChI=1S/C24H27N3O4S2/c1-6-19(22(28)26-18-12-15(3)7-9-16(18)4)32-24-25-13-21(23(29)27-24)33(30,31)20-10-8-14(2)11-17(20)5/h7-13,19H,6H2,1-5H3,(H,26,28)(H,25,27,29). The summed E-state index contributed by atoms with van der Waals surface area (Å²) in [5.41, 5.74) is 3.43. The minimum absolute atomic E-state index is 0.0696. The van der Waals surface area contributed by atoms with Crippen molar-refractivity contribution in [1.82, 2.24) is 9.97 Å². The summed E-state index contributed by atoms with van der Waals surface area (Å²) in [6, 6.07) is 10.7. The third-order valence-corrected chi connectivity index (χ3v) is 8.39. The summed E-state index contributed by atoms with van der Waals surface area (Å²) >= 11 is 1.09. The van der Waals surface area contributed by atoms with E-state index >= 15 is 0 Å². The van der Waals surface area contributed by atoms with Crippen LogP contribution in [0.5, 0.6) is 0 Å². The van der Waals surface area contributed by atoms with Crippen LogP contribution in [0.2, 0.25) is 0 Å². The topological polar surface area (TPSA) is 109 Å². The van der Waals surface area contributed by atoms with Crippen LogP contribution in [0.4, 0.5) is 5.69 Å². The van der Waals surface area contributed by atoms with Gasteiger partial charge in [0.25, 0.3) is 5.56 Å². The SMILES string of the molecule is CCC(Sc1ncc(S(=O)(=O)c2ccc(C)cc2C)c(=O)[nH]1)C(=O)Nc1cc(C)ccc1C. The van der Waals surface area contributed by atoms with Gasteiger partial charge in [-0.3, -0.25) is 9.59 Å². The number of aromatic amines is 1. The Morgan fingerprint density at radius 2 is 1.70 bits per heavy atom. The number of sulfone groups is 1. The second-order valence-electron chi connectivity index (χ2n) is 7.98. The summed E-state index contributed by atoms with van der Waals surface area (Å²) in [4.78, 5) is 31.8. The zero-order valence-corrected chi connectivity index (χ0v) is 20.9. The number of rotatable bonds is 7. The fourth-order valence-electron chi connectivity index (χ4n) is 3.38. The molecular formula is C24H27N3O4S2. The lowest BCUT2D eigenvalue weighted by molar-refractivity contribution is -0.115. The van der Waals surface area contributed by atoms with Gasteiger partial charge in [0.1, 0.15) is 0 Å². The normalized spacial score (nSPS) is 12.4. The highest BCUT2D eigenvalue weighted by Gasteiger charge is 2.25. The lowest BCUT2D eigenvalue weighted by atomic mass is 10.1. The predicted octanol–water partition coefficient (Wildman–Crippen LogP) is 4.35. The second-order valence-corrected chi connectivity index (χ2v) is 11.1. The minimum Gasteiger partial charge on any atom is -0.325 e. The third kappa shape index (κ3) is 5.54. The molecule has 0 radical (unpaired) electrons. The monoisotopic (exact) mass is 485 g/mol. The second kappa shape index (κ2) is 9.93.